The number of aryl methyl sites for hydroxylation is 1. The van der Waals surface area contributed by atoms with Crippen molar-refractivity contribution in [2.75, 3.05) is 20.3 Å². The fourth-order valence-electron chi connectivity index (χ4n) is 1.58. The van der Waals surface area contributed by atoms with Crippen LogP contribution in [0.4, 0.5) is 0 Å². The molecule has 0 aliphatic carbocycles. The summed E-state index contributed by atoms with van der Waals surface area (Å²) in [6.07, 6.45) is 0. The normalized spacial score (nSPS) is 11.6. The summed E-state index contributed by atoms with van der Waals surface area (Å²) in [6, 6.07) is 4.47. The highest BCUT2D eigenvalue weighted by molar-refractivity contribution is 5.85. The van der Waals surface area contributed by atoms with Crippen LogP contribution in [0.1, 0.15) is 11.1 Å². The first-order valence-electron chi connectivity index (χ1n) is 6.16. The van der Waals surface area contributed by atoms with E-state index in [1.807, 2.05) is 26.0 Å². The molecule has 20 heavy (non-hydrogen) atoms. The lowest BCUT2D eigenvalue weighted by atomic mass is 10.1. The summed E-state index contributed by atoms with van der Waals surface area (Å²) in [4.78, 5) is 22.9. The number of carbonyl (C=O) groups excluding carboxylic acids is 2. The predicted octanol–water partition coefficient (Wildman–Crippen LogP) is 0.332. The summed E-state index contributed by atoms with van der Waals surface area (Å²) in [5.41, 5.74) is 2.01. The topological polar surface area (TPSA) is 84.9 Å². The molecule has 2 N–H and O–H groups in total. The number of hydrogen-bond acceptors (Lipinski definition) is 5. The minimum absolute atomic E-state index is 0.238. The SMILES string of the molecule is COC(=O)C(CO)NC(=O)COc1cccc(C)c1C. The molecule has 1 aromatic carbocycles. The standard InChI is InChI=1S/C14H19NO5/c1-9-5-4-6-12(10(9)2)20-8-13(17)15-11(7-16)14(18)19-3/h4-6,11,16H,7-8H2,1-3H3,(H,15,17). The first-order chi connectivity index (χ1) is 9.49. The summed E-state index contributed by atoms with van der Waals surface area (Å²) in [7, 11) is 1.18. The lowest BCUT2D eigenvalue weighted by Crippen LogP contribution is -2.45. The van der Waals surface area contributed by atoms with Gasteiger partial charge in [-0.3, -0.25) is 4.79 Å². The maximum atomic E-state index is 11.6. The second-order valence-corrected chi connectivity index (χ2v) is 4.31. The average molecular weight is 281 g/mol. The summed E-state index contributed by atoms with van der Waals surface area (Å²) >= 11 is 0. The van der Waals surface area contributed by atoms with Crippen molar-refractivity contribution < 1.29 is 24.2 Å². The first-order valence-corrected chi connectivity index (χ1v) is 6.16. The molecule has 0 spiro atoms. The van der Waals surface area contributed by atoms with Crippen molar-refractivity contribution in [1.82, 2.24) is 5.32 Å². The van der Waals surface area contributed by atoms with Crippen molar-refractivity contribution >= 4 is 11.9 Å². The fraction of sp³-hybridized carbons (Fsp3) is 0.429. The van der Waals surface area contributed by atoms with Gasteiger partial charge in [0.1, 0.15) is 5.75 Å². The van der Waals surface area contributed by atoms with Gasteiger partial charge in [0.15, 0.2) is 12.6 Å². The van der Waals surface area contributed by atoms with Crippen LogP contribution in [0, 0.1) is 13.8 Å². The smallest absolute Gasteiger partial charge is 0.330 e. The van der Waals surface area contributed by atoms with Gasteiger partial charge in [-0.05, 0) is 31.0 Å². The molecule has 0 aliphatic rings. The molecule has 0 saturated carbocycles. The Morgan fingerprint density at radius 2 is 2.05 bits per heavy atom. The molecular weight excluding hydrogens is 262 g/mol. The van der Waals surface area contributed by atoms with Gasteiger partial charge < -0.3 is 19.9 Å². The minimum Gasteiger partial charge on any atom is -0.483 e. The van der Waals surface area contributed by atoms with Crippen LogP contribution in [-0.4, -0.2) is 43.3 Å². The average Bonchev–Trinajstić information content (AvgIpc) is 2.45. The number of aliphatic hydroxyl groups is 1. The van der Waals surface area contributed by atoms with Crippen LogP contribution < -0.4 is 10.1 Å². The molecule has 110 valence electrons. The molecule has 0 aromatic heterocycles. The number of esters is 1. The van der Waals surface area contributed by atoms with Crippen molar-refractivity contribution in [3.05, 3.63) is 29.3 Å². The maximum Gasteiger partial charge on any atom is 0.330 e. The van der Waals surface area contributed by atoms with Crippen LogP contribution in [0.15, 0.2) is 18.2 Å². The number of aliphatic hydroxyl groups excluding tert-OH is 1. The Morgan fingerprint density at radius 1 is 1.35 bits per heavy atom. The third-order valence-electron chi connectivity index (χ3n) is 2.92. The quantitative estimate of drug-likeness (QED) is 0.734. The summed E-state index contributed by atoms with van der Waals surface area (Å²) in [6.45, 7) is 3.08. The Hall–Kier alpha value is -2.08. The summed E-state index contributed by atoms with van der Waals surface area (Å²) < 4.78 is 9.84. The van der Waals surface area contributed by atoms with E-state index in [1.54, 1.807) is 6.07 Å². The van der Waals surface area contributed by atoms with Crippen molar-refractivity contribution in [1.29, 1.82) is 0 Å². The second kappa shape index (κ2) is 7.49. The molecule has 1 unspecified atom stereocenters. The second-order valence-electron chi connectivity index (χ2n) is 4.31. The maximum absolute atomic E-state index is 11.6. The highest BCUT2D eigenvalue weighted by Gasteiger charge is 2.20. The summed E-state index contributed by atoms with van der Waals surface area (Å²) in [5.74, 6) is -0.596. The van der Waals surface area contributed by atoms with E-state index >= 15 is 0 Å². The van der Waals surface area contributed by atoms with Crippen molar-refractivity contribution in [3.63, 3.8) is 0 Å². The molecule has 0 radical (unpaired) electrons. The van der Waals surface area contributed by atoms with Gasteiger partial charge in [0.2, 0.25) is 0 Å². The molecule has 0 bridgehead atoms. The molecule has 0 fully saturated rings. The third kappa shape index (κ3) is 4.24. The van der Waals surface area contributed by atoms with E-state index < -0.39 is 24.5 Å². The number of ether oxygens (including phenoxy) is 2. The fourth-order valence-corrected chi connectivity index (χ4v) is 1.58. The van der Waals surface area contributed by atoms with Crippen molar-refractivity contribution in [2.45, 2.75) is 19.9 Å². The van der Waals surface area contributed by atoms with Gasteiger partial charge in [0, 0.05) is 0 Å². The van der Waals surface area contributed by atoms with Gasteiger partial charge in [-0.15, -0.1) is 0 Å². The minimum atomic E-state index is -1.07. The lowest BCUT2D eigenvalue weighted by molar-refractivity contribution is -0.146. The van der Waals surface area contributed by atoms with Gasteiger partial charge in [-0.2, -0.15) is 0 Å². The number of hydrogen-bond donors (Lipinski definition) is 2. The molecule has 0 heterocycles. The molecule has 6 nitrogen and oxygen atoms in total. The van der Waals surface area contributed by atoms with E-state index in [0.717, 1.165) is 11.1 Å². The van der Waals surface area contributed by atoms with Crippen LogP contribution in [-0.2, 0) is 14.3 Å². The molecule has 1 amide bonds. The van der Waals surface area contributed by atoms with Crippen LogP contribution in [0.2, 0.25) is 0 Å². The zero-order chi connectivity index (χ0) is 15.1. The van der Waals surface area contributed by atoms with E-state index in [0.29, 0.717) is 5.75 Å². The van der Waals surface area contributed by atoms with E-state index in [4.69, 9.17) is 9.84 Å². The van der Waals surface area contributed by atoms with Crippen LogP contribution >= 0.6 is 0 Å². The van der Waals surface area contributed by atoms with Crippen LogP contribution in [0.5, 0.6) is 5.75 Å². The number of amides is 1. The highest BCUT2D eigenvalue weighted by atomic mass is 16.5. The number of benzene rings is 1. The van der Waals surface area contributed by atoms with E-state index in [1.165, 1.54) is 7.11 Å². The Balaban J connectivity index is 2.55. The number of methoxy groups -OCH3 is 1. The van der Waals surface area contributed by atoms with Crippen LogP contribution in [0.25, 0.3) is 0 Å². The van der Waals surface area contributed by atoms with Gasteiger partial charge >= 0.3 is 5.97 Å². The number of carbonyl (C=O) groups is 2. The lowest BCUT2D eigenvalue weighted by Gasteiger charge is -2.15. The zero-order valence-corrected chi connectivity index (χ0v) is 11.8. The zero-order valence-electron chi connectivity index (χ0n) is 11.8. The van der Waals surface area contributed by atoms with Crippen molar-refractivity contribution in [2.24, 2.45) is 0 Å². The third-order valence-corrected chi connectivity index (χ3v) is 2.92. The molecule has 6 heteroatoms. The highest BCUT2D eigenvalue weighted by Crippen LogP contribution is 2.20. The Bertz CT molecular complexity index is 486. The molecule has 1 atom stereocenters. The van der Waals surface area contributed by atoms with Gasteiger partial charge in [0.05, 0.1) is 13.7 Å². The largest absolute Gasteiger partial charge is 0.483 e. The van der Waals surface area contributed by atoms with Gasteiger partial charge in [0.25, 0.3) is 5.91 Å². The number of rotatable bonds is 6. The predicted molar refractivity (Wildman–Crippen MR) is 72.4 cm³/mol. The molecule has 0 saturated heterocycles. The summed E-state index contributed by atoms with van der Waals surface area (Å²) in [5, 5.41) is 11.3. The van der Waals surface area contributed by atoms with Gasteiger partial charge in [-0.25, -0.2) is 4.79 Å². The number of nitrogens with one attached hydrogen (secondary N) is 1. The van der Waals surface area contributed by atoms with Crippen molar-refractivity contribution in [3.8, 4) is 5.75 Å². The molecule has 0 aliphatic heterocycles. The van der Waals surface area contributed by atoms with E-state index in [-0.39, 0.29) is 6.61 Å². The molecule has 1 rings (SSSR count). The first kappa shape index (κ1) is 16.0. The van der Waals surface area contributed by atoms with E-state index in [9.17, 15) is 9.59 Å². The Morgan fingerprint density at radius 3 is 2.65 bits per heavy atom. The van der Waals surface area contributed by atoms with Crippen LogP contribution in [0.3, 0.4) is 0 Å². The van der Waals surface area contributed by atoms with Gasteiger partial charge in [-0.1, -0.05) is 12.1 Å². The van der Waals surface area contributed by atoms with E-state index in [2.05, 4.69) is 10.1 Å². The monoisotopic (exact) mass is 281 g/mol. The Kier molecular flexibility index (Phi) is 5.99. The molecular formula is C14H19NO5. The Labute approximate surface area is 117 Å². The molecule has 1 aromatic rings.